The Kier molecular flexibility index (Phi) is 3.75. The number of nitrogens with zero attached hydrogens (tertiary/aromatic N) is 4. The van der Waals surface area contributed by atoms with Crippen LogP contribution in [-0.2, 0) is 6.42 Å². The van der Waals surface area contributed by atoms with Crippen molar-refractivity contribution in [1.82, 2.24) is 19.7 Å². The van der Waals surface area contributed by atoms with E-state index in [0.717, 1.165) is 29.9 Å². The van der Waals surface area contributed by atoms with E-state index >= 15 is 0 Å². The Morgan fingerprint density at radius 1 is 1.32 bits per heavy atom. The Morgan fingerprint density at radius 3 is 2.73 bits per heavy atom. The van der Waals surface area contributed by atoms with Crippen LogP contribution < -0.4 is 5.32 Å². The van der Waals surface area contributed by atoms with Crippen molar-refractivity contribution in [3.8, 4) is 5.95 Å². The monoisotopic (exact) mass is 297 g/mol. The first-order chi connectivity index (χ1) is 10.6. The summed E-state index contributed by atoms with van der Waals surface area (Å²) in [6, 6.07) is 1.92. The molecular weight excluding hydrogens is 278 g/mol. The molecule has 0 bridgehead atoms. The minimum atomic E-state index is 0.128. The zero-order chi connectivity index (χ0) is 15.7. The van der Waals surface area contributed by atoms with Crippen LogP contribution in [0.3, 0.4) is 0 Å². The fraction of sp³-hybridized carbons (Fsp3) is 0.375. The molecule has 3 rings (SSSR count). The first-order valence-corrected chi connectivity index (χ1v) is 7.42. The molecule has 1 aliphatic rings. The zero-order valence-electron chi connectivity index (χ0n) is 12.9. The Bertz CT molecular complexity index is 727. The average Bonchev–Trinajstić information content (AvgIpc) is 2.84. The average molecular weight is 297 g/mol. The molecule has 22 heavy (non-hydrogen) atoms. The lowest BCUT2D eigenvalue weighted by Crippen LogP contribution is -2.15. The summed E-state index contributed by atoms with van der Waals surface area (Å²) in [5.41, 5.74) is 3.34. The highest BCUT2D eigenvalue weighted by Gasteiger charge is 2.28. The largest absolute Gasteiger partial charge is 0.365 e. The summed E-state index contributed by atoms with van der Waals surface area (Å²) in [4.78, 5) is 21.2. The number of ketones is 1. The lowest BCUT2D eigenvalue weighted by molar-refractivity contribution is 0.0973. The van der Waals surface area contributed by atoms with Crippen LogP contribution in [0.5, 0.6) is 0 Å². The number of anilines is 1. The van der Waals surface area contributed by atoms with Crippen LogP contribution in [0.2, 0.25) is 0 Å². The van der Waals surface area contributed by atoms with Crippen molar-refractivity contribution in [2.24, 2.45) is 0 Å². The van der Waals surface area contributed by atoms with Crippen molar-refractivity contribution < 1.29 is 4.79 Å². The van der Waals surface area contributed by atoms with Gasteiger partial charge in [-0.15, -0.1) is 11.7 Å². The number of carbonyl (C=O) groups is 1. The molecular formula is C16H19N5O. The Morgan fingerprint density at radius 2 is 2.05 bits per heavy atom. The molecule has 2 aromatic heterocycles. The molecule has 2 heterocycles. The molecule has 1 aliphatic carbocycles. The second-order valence-electron chi connectivity index (χ2n) is 5.48. The quantitative estimate of drug-likeness (QED) is 0.877. The molecule has 0 atom stereocenters. The number of Topliss-reactive ketones (excluding diaryl/α,β-unsaturated/α-hetero) is 1. The lowest BCUT2D eigenvalue weighted by Gasteiger charge is -2.13. The molecule has 114 valence electrons. The summed E-state index contributed by atoms with van der Waals surface area (Å²) in [6.45, 7) is 8.10. The van der Waals surface area contributed by atoms with Crippen molar-refractivity contribution >= 4 is 11.6 Å². The summed E-state index contributed by atoms with van der Waals surface area (Å²) < 4.78 is 1.71. The first kappa shape index (κ1) is 14.4. The Balaban J connectivity index is 2.15. The molecule has 0 saturated heterocycles. The van der Waals surface area contributed by atoms with Crippen molar-refractivity contribution in [3.63, 3.8) is 0 Å². The molecule has 0 unspecified atom stereocenters. The van der Waals surface area contributed by atoms with Crippen molar-refractivity contribution in [1.29, 1.82) is 0 Å². The normalized spacial score (nSPS) is 13.8. The molecule has 0 amide bonds. The number of fused-ring (bicyclic) bond motifs is 1. The van der Waals surface area contributed by atoms with E-state index < -0.39 is 0 Å². The van der Waals surface area contributed by atoms with E-state index in [1.807, 2.05) is 19.9 Å². The molecule has 6 heteroatoms. The highest BCUT2D eigenvalue weighted by Crippen LogP contribution is 2.29. The van der Waals surface area contributed by atoms with Gasteiger partial charge in [-0.3, -0.25) is 4.79 Å². The predicted molar refractivity (Wildman–Crippen MR) is 84.6 cm³/mol. The van der Waals surface area contributed by atoms with Crippen molar-refractivity contribution in [2.75, 3.05) is 11.9 Å². The third-order valence-electron chi connectivity index (χ3n) is 3.65. The number of carbonyl (C=O) groups excluding carboxylic acids is 1. The van der Waals surface area contributed by atoms with Gasteiger partial charge in [0.05, 0.1) is 11.3 Å². The van der Waals surface area contributed by atoms with E-state index in [4.69, 9.17) is 0 Å². The van der Waals surface area contributed by atoms with Crippen LogP contribution in [-0.4, -0.2) is 32.1 Å². The molecule has 2 aromatic rings. The van der Waals surface area contributed by atoms with E-state index in [1.165, 1.54) is 0 Å². The summed E-state index contributed by atoms with van der Waals surface area (Å²) >= 11 is 0. The lowest BCUT2D eigenvalue weighted by atomic mass is 9.96. The summed E-state index contributed by atoms with van der Waals surface area (Å²) in [5, 5.41) is 7.69. The Labute approximate surface area is 129 Å². The number of rotatable bonds is 4. The van der Waals surface area contributed by atoms with Gasteiger partial charge in [-0.25, -0.2) is 14.6 Å². The molecule has 0 aromatic carbocycles. The number of hydrogen-bond donors (Lipinski definition) is 1. The highest BCUT2D eigenvalue weighted by molar-refractivity contribution is 6.02. The minimum Gasteiger partial charge on any atom is -0.365 e. The van der Waals surface area contributed by atoms with E-state index in [9.17, 15) is 4.79 Å². The van der Waals surface area contributed by atoms with Crippen LogP contribution in [0.15, 0.2) is 18.7 Å². The van der Waals surface area contributed by atoms with E-state index in [0.29, 0.717) is 30.3 Å². The van der Waals surface area contributed by atoms with Gasteiger partial charge in [-0.1, -0.05) is 6.08 Å². The van der Waals surface area contributed by atoms with Crippen LogP contribution in [0.4, 0.5) is 5.82 Å². The highest BCUT2D eigenvalue weighted by atomic mass is 16.1. The van der Waals surface area contributed by atoms with Crippen LogP contribution in [0, 0.1) is 13.8 Å². The van der Waals surface area contributed by atoms with Gasteiger partial charge in [0.15, 0.2) is 11.6 Å². The maximum atomic E-state index is 12.3. The number of aromatic nitrogens is 4. The van der Waals surface area contributed by atoms with Gasteiger partial charge in [0.2, 0.25) is 0 Å². The van der Waals surface area contributed by atoms with Gasteiger partial charge in [0.25, 0.3) is 5.95 Å². The third kappa shape index (κ3) is 2.52. The number of hydrogen-bond acceptors (Lipinski definition) is 5. The van der Waals surface area contributed by atoms with Gasteiger partial charge >= 0.3 is 0 Å². The van der Waals surface area contributed by atoms with E-state index in [1.54, 1.807) is 10.8 Å². The molecule has 0 fully saturated rings. The maximum absolute atomic E-state index is 12.3. The van der Waals surface area contributed by atoms with Crippen molar-refractivity contribution in [2.45, 2.75) is 33.1 Å². The minimum absolute atomic E-state index is 0.128. The summed E-state index contributed by atoms with van der Waals surface area (Å²) in [6.07, 6.45) is 3.95. The smallest absolute Gasteiger partial charge is 0.251 e. The second-order valence-corrected chi connectivity index (χ2v) is 5.48. The van der Waals surface area contributed by atoms with Crippen LogP contribution >= 0.6 is 0 Å². The number of aryl methyl sites for hydroxylation is 2. The molecule has 0 spiro atoms. The van der Waals surface area contributed by atoms with Gasteiger partial charge in [-0.2, -0.15) is 0 Å². The number of nitrogens with one attached hydrogen (secondary N) is 1. The summed E-state index contributed by atoms with van der Waals surface area (Å²) in [5.74, 6) is 1.25. The fourth-order valence-electron chi connectivity index (χ4n) is 2.78. The van der Waals surface area contributed by atoms with Gasteiger partial charge in [0, 0.05) is 24.4 Å². The summed E-state index contributed by atoms with van der Waals surface area (Å²) in [7, 11) is 0. The molecule has 0 saturated carbocycles. The van der Waals surface area contributed by atoms with Gasteiger partial charge in [-0.05, 0) is 32.8 Å². The zero-order valence-corrected chi connectivity index (χ0v) is 12.9. The topological polar surface area (TPSA) is 72.7 Å². The second kappa shape index (κ2) is 5.71. The Hall–Kier alpha value is -2.50. The van der Waals surface area contributed by atoms with E-state index in [2.05, 4.69) is 27.0 Å². The van der Waals surface area contributed by atoms with Crippen molar-refractivity contribution in [3.05, 3.63) is 41.4 Å². The maximum Gasteiger partial charge on any atom is 0.251 e. The van der Waals surface area contributed by atoms with Gasteiger partial charge < -0.3 is 5.32 Å². The standard InChI is InChI=1S/C16H19N5O/c1-4-8-17-15-14-12(6-5-7-13(14)22)21(20-15)16-18-10(2)9-11(3)19-16/h4,9H,1,5-8H2,2-3H3,(H,17,20). The van der Waals surface area contributed by atoms with E-state index in [-0.39, 0.29) is 5.78 Å². The van der Waals surface area contributed by atoms with Crippen LogP contribution in [0.25, 0.3) is 5.95 Å². The molecule has 6 nitrogen and oxygen atoms in total. The SMILES string of the molecule is C=CCNc1nn(-c2nc(C)cc(C)n2)c2c1C(=O)CCC2. The fourth-order valence-corrected chi connectivity index (χ4v) is 2.78. The molecule has 0 radical (unpaired) electrons. The van der Waals surface area contributed by atoms with Crippen LogP contribution in [0.1, 0.15) is 40.3 Å². The first-order valence-electron chi connectivity index (χ1n) is 7.42. The predicted octanol–water partition coefficient (Wildman–Crippen LogP) is 2.40. The van der Waals surface area contributed by atoms with Gasteiger partial charge in [0.1, 0.15) is 0 Å². The molecule has 1 N–H and O–H groups in total. The third-order valence-corrected chi connectivity index (χ3v) is 3.65. The molecule has 0 aliphatic heterocycles.